The molecule has 0 aliphatic rings. The lowest BCUT2D eigenvalue weighted by Gasteiger charge is -2.11. The highest BCUT2D eigenvalue weighted by atomic mass is 35.5. The fourth-order valence-electron chi connectivity index (χ4n) is 2.37. The Kier molecular flexibility index (Phi) is 3.98. The van der Waals surface area contributed by atoms with Gasteiger partial charge in [-0.3, -0.25) is 4.79 Å². The van der Waals surface area contributed by atoms with Crippen LogP contribution in [-0.2, 0) is 0 Å². The van der Waals surface area contributed by atoms with E-state index in [1.807, 2.05) is 32.9 Å². The summed E-state index contributed by atoms with van der Waals surface area (Å²) in [7, 11) is 0. The molecule has 98 valence electrons. The highest BCUT2D eigenvalue weighted by Crippen LogP contribution is 2.24. The summed E-state index contributed by atoms with van der Waals surface area (Å²) in [4.78, 5) is 12.6. The molecular weight excluding hydrogens is 279 g/mol. The molecule has 0 unspecified atom stereocenters. The molecule has 0 aliphatic carbocycles. The van der Waals surface area contributed by atoms with Gasteiger partial charge in [-0.15, -0.1) is 0 Å². The van der Waals surface area contributed by atoms with Gasteiger partial charge in [0.1, 0.15) is 0 Å². The van der Waals surface area contributed by atoms with E-state index in [1.54, 1.807) is 18.2 Å². The Morgan fingerprint density at radius 2 is 1.32 bits per heavy atom. The molecule has 2 rings (SSSR count). The van der Waals surface area contributed by atoms with Gasteiger partial charge in [-0.05, 0) is 50.1 Å². The van der Waals surface area contributed by atoms with Crippen molar-refractivity contribution in [1.29, 1.82) is 0 Å². The van der Waals surface area contributed by atoms with Crippen LogP contribution in [0.5, 0.6) is 0 Å². The predicted octanol–water partition coefficient (Wildman–Crippen LogP) is 5.15. The molecule has 2 aromatic rings. The van der Waals surface area contributed by atoms with Gasteiger partial charge < -0.3 is 0 Å². The van der Waals surface area contributed by atoms with Gasteiger partial charge in [0.05, 0.1) is 0 Å². The second-order valence-electron chi connectivity index (χ2n) is 4.76. The van der Waals surface area contributed by atoms with Crippen LogP contribution in [-0.4, -0.2) is 5.78 Å². The average molecular weight is 293 g/mol. The first-order chi connectivity index (χ1) is 8.88. The fourth-order valence-corrected chi connectivity index (χ4v) is 2.89. The van der Waals surface area contributed by atoms with Crippen LogP contribution in [0.25, 0.3) is 0 Å². The molecule has 0 fully saturated rings. The van der Waals surface area contributed by atoms with E-state index in [9.17, 15) is 4.79 Å². The minimum Gasteiger partial charge on any atom is -0.289 e. The Bertz CT molecular complexity index is 617. The molecule has 0 radical (unpaired) electrons. The van der Waals surface area contributed by atoms with Gasteiger partial charge in [-0.2, -0.15) is 0 Å². The lowest BCUT2D eigenvalue weighted by Crippen LogP contribution is -2.07. The van der Waals surface area contributed by atoms with E-state index in [-0.39, 0.29) is 5.78 Å². The van der Waals surface area contributed by atoms with Crippen LogP contribution in [0, 0.1) is 20.8 Å². The lowest BCUT2D eigenvalue weighted by molar-refractivity contribution is 0.103. The van der Waals surface area contributed by atoms with Crippen molar-refractivity contribution in [3.8, 4) is 0 Å². The van der Waals surface area contributed by atoms with Crippen LogP contribution in [0.15, 0.2) is 30.3 Å². The minimum absolute atomic E-state index is 0.0422. The normalized spacial score (nSPS) is 10.6. The number of aryl methyl sites for hydroxylation is 3. The van der Waals surface area contributed by atoms with Crippen LogP contribution in [0.4, 0.5) is 0 Å². The summed E-state index contributed by atoms with van der Waals surface area (Å²) < 4.78 is 0. The summed E-state index contributed by atoms with van der Waals surface area (Å²) in [6.07, 6.45) is 0. The zero-order valence-electron chi connectivity index (χ0n) is 11.1. The first-order valence-electron chi connectivity index (χ1n) is 5.97. The molecule has 0 atom stereocenters. The van der Waals surface area contributed by atoms with E-state index >= 15 is 0 Å². The van der Waals surface area contributed by atoms with Crippen LogP contribution in [0.2, 0.25) is 10.0 Å². The average Bonchev–Trinajstić information content (AvgIpc) is 2.25. The maximum atomic E-state index is 12.6. The number of carbonyl (C=O) groups excluding carboxylic acids is 1. The van der Waals surface area contributed by atoms with Crippen molar-refractivity contribution < 1.29 is 4.79 Å². The summed E-state index contributed by atoms with van der Waals surface area (Å²) in [5, 5.41) is 0.941. The molecular formula is C16H14Cl2O. The Morgan fingerprint density at radius 3 is 1.79 bits per heavy atom. The van der Waals surface area contributed by atoms with Gasteiger partial charge in [-0.25, -0.2) is 0 Å². The van der Waals surface area contributed by atoms with Crippen molar-refractivity contribution >= 4 is 29.0 Å². The highest BCUT2D eigenvalue weighted by molar-refractivity contribution is 6.35. The first-order valence-corrected chi connectivity index (χ1v) is 6.72. The van der Waals surface area contributed by atoms with E-state index in [0.29, 0.717) is 15.6 Å². The van der Waals surface area contributed by atoms with Crippen molar-refractivity contribution in [2.45, 2.75) is 20.8 Å². The van der Waals surface area contributed by atoms with E-state index < -0.39 is 0 Å². The highest BCUT2D eigenvalue weighted by Gasteiger charge is 2.16. The zero-order valence-corrected chi connectivity index (χ0v) is 12.6. The molecule has 0 N–H and O–H groups in total. The Morgan fingerprint density at radius 1 is 0.842 bits per heavy atom. The van der Waals surface area contributed by atoms with Crippen molar-refractivity contribution in [1.82, 2.24) is 0 Å². The molecule has 0 spiro atoms. The quantitative estimate of drug-likeness (QED) is 0.700. The third-order valence-corrected chi connectivity index (χ3v) is 3.47. The van der Waals surface area contributed by atoms with Crippen molar-refractivity contribution in [3.05, 3.63) is 68.2 Å². The largest absolute Gasteiger partial charge is 0.289 e. The second kappa shape index (κ2) is 5.36. The topological polar surface area (TPSA) is 17.1 Å². The van der Waals surface area contributed by atoms with E-state index in [0.717, 1.165) is 22.3 Å². The minimum atomic E-state index is -0.0422. The van der Waals surface area contributed by atoms with Crippen LogP contribution < -0.4 is 0 Å². The lowest BCUT2D eigenvalue weighted by atomic mass is 9.93. The summed E-state index contributed by atoms with van der Waals surface area (Å²) in [6, 6.07) is 8.93. The molecule has 0 amide bonds. The maximum Gasteiger partial charge on any atom is 0.193 e. The van der Waals surface area contributed by atoms with Crippen molar-refractivity contribution in [2.24, 2.45) is 0 Å². The van der Waals surface area contributed by atoms with Crippen LogP contribution >= 0.6 is 23.2 Å². The SMILES string of the molecule is Cc1cc(C)c(C(=O)c2cc(Cl)cc(Cl)c2)c(C)c1. The number of rotatable bonds is 2. The van der Waals surface area contributed by atoms with Crippen LogP contribution in [0.3, 0.4) is 0 Å². The molecule has 2 aromatic carbocycles. The second-order valence-corrected chi connectivity index (χ2v) is 5.63. The summed E-state index contributed by atoms with van der Waals surface area (Å²) >= 11 is 11.9. The van der Waals surface area contributed by atoms with E-state index in [1.165, 1.54) is 0 Å². The van der Waals surface area contributed by atoms with E-state index in [4.69, 9.17) is 23.2 Å². The molecule has 0 heterocycles. The van der Waals surface area contributed by atoms with Crippen LogP contribution in [0.1, 0.15) is 32.6 Å². The van der Waals surface area contributed by atoms with Gasteiger partial charge in [-0.1, -0.05) is 40.9 Å². The molecule has 0 aromatic heterocycles. The van der Waals surface area contributed by atoms with Gasteiger partial charge in [0.15, 0.2) is 5.78 Å². The number of hydrogen-bond donors (Lipinski definition) is 0. The molecule has 19 heavy (non-hydrogen) atoms. The zero-order chi connectivity index (χ0) is 14.2. The maximum absolute atomic E-state index is 12.6. The number of carbonyl (C=O) groups is 1. The summed E-state index contributed by atoms with van der Waals surface area (Å²) in [5.74, 6) is -0.0422. The molecule has 0 saturated heterocycles. The molecule has 1 nitrogen and oxygen atoms in total. The molecule has 3 heteroatoms. The smallest absolute Gasteiger partial charge is 0.193 e. The Hall–Kier alpha value is -1.31. The van der Waals surface area contributed by atoms with Gasteiger partial charge >= 0.3 is 0 Å². The Labute approximate surface area is 123 Å². The Balaban J connectivity index is 2.56. The van der Waals surface area contributed by atoms with E-state index in [2.05, 4.69) is 0 Å². The monoisotopic (exact) mass is 292 g/mol. The van der Waals surface area contributed by atoms with Crippen molar-refractivity contribution in [3.63, 3.8) is 0 Å². The van der Waals surface area contributed by atoms with Gasteiger partial charge in [0.25, 0.3) is 0 Å². The third kappa shape index (κ3) is 2.99. The van der Waals surface area contributed by atoms with Gasteiger partial charge in [0, 0.05) is 21.2 Å². The van der Waals surface area contributed by atoms with Crippen molar-refractivity contribution in [2.75, 3.05) is 0 Å². The number of halogens is 2. The number of ketones is 1. The number of hydrogen-bond acceptors (Lipinski definition) is 1. The number of benzene rings is 2. The third-order valence-electron chi connectivity index (χ3n) is 3.03. The summed E-state index contributed by atoms with van der Waals surface area (Å²) in [5.41, 5.74) is 4.34. The first kappa shape index (κ1) is 14.1. The standard InChI is InChI=1S/C16H14Cl2O/c1-9-4-10(2)15(11(3)5-9)16(19)12-6-13(17)8-14(18)7-12/h4-8H,1-3H3. The molecule has 0 bridgehead atoms. The predicted molar refractivity (Wildman–Crippen MR) is 80.5 cm³/mol. The van der Waals surface area contributed by atoms with Gasteiger partial charge in [0.2, 0.25) is 0 Å². The molecule has 0 saturated carbocycles. The molecule has 0 aliphatic heterocycles. The summed E-state index contributed by atoms with van der Waals surface area (Å²) in [6.45, 7) is 5.91. The fraction of sp³-hybridized carbons (Fsp3) is 0.188.